The van der Waals surface area contributed by atoms with Crippen molar-refractivity contribution in [2.45, 2.75) is 4.90 Å². The highest BCUT2D eigenvalue weighted by Crippen LogP contribution is 2.26. The molecule has 0 saturated heterocycles. The summed E-state index contributed by atoms with van der Waals surface area (Å²) in [6, 6.07) is 15.6. The van der Waals surface area contributed by atoms with Gasteiger partial charge in [-0.15, -0.1) is 11.8 Å². The number of halogens is 1. The molecule has 0 saturated carbocycles. The fourth-order valence-corrected chi connectivity index (χ4v) is 2.98. The Hall–Kier alpha value is -1.23. The zero-order chi connectivity index (χ0) is 14.4. The second-order valence-corrected chi connectivity index (χ2v) is 6.00. The van der Waals surface area contributed by atoms with Crippen molar-refractivity contribution in [2.75, 3.05) is 12.4 Å². The fraction of sp³-hybridized carbons (Fsp3) is 0.133. The van der Waals surface area contributed by atoms with Crippen molar-refractivity contribution < 1.29 is 4.74 Å². The first-order valence-electron chi connectivity index (χ1n) is 6.07. The Morgan fingerprint density at radius 2 is 1.90 bits per heavy atom. The number of rotatable bonds is 6. The van der Waals surface area contributed by atoms with E-state index in [-0.39, 0.29) is 4.99 Å². The summed E-state index contributed by atoms with van der Waals surface area (Å²) in [5.41, 5.74) is 6.28. The zero-order valence-electron chi connectivity index (χ0n) is 10.7. The number of hydrogen-bond acceptors (Lipinski definition) is 3. The van der Waals surface area contributed by atoms with Crippen LogP contribution in [-0.4, -0.2) is 17.3 Å². The van der Waals surface area contributed by atoms with Crippen molar-refractivity contribution in [2.24, 2.45) is 5.73 Å². The van der Waals surface area contributed by atoms with Crippen LogP contribution >= 0.6 is 35.6 Å². The van der Waals surface area contributed by atoms with E-state index in [1.807, 2.05) is 30.3 Å². The first-order valence-corrected chi connectivity index (χ1v) is 7.84. The molecule has 2 nitrogen and oxygen atoms in total. The highest BCUT2D eigenvalue weighted by molar-refractivity contribution is 7.99. The fourth-order valence-electron chi connectivity index (χ4n) is 1.69. The molecule has 0 atom stereocenters. The van der Waals surface area contributed by atoms with Gasteiger partial charge in [0, 0.05) is 10.6 Å². The minimum absolute atomic E-state index is 0.251. The lowest BCUT2D eigenvalue weighted by molar-refractivity contribution is 0.343. The van der Waals surface area contributed by atoms with Gasteiger partial charge in [0.25, 0.3) is 0 Å². The van der Waals surface area contributed by atoms with Crippen LogP contribution in [0.1, 0.15) is 5.56 Å². The summed E-state index contributed by atoms with van der Waals surface area (Å²) < 4.78 is 5.73. The second kappa shape index (κ2) is 7.53. The Bertz CT molecular complexity index is 590. The molecule has 104 valence electrons. The standard InChI is InChI=1S/C15H14ClNOS2/c16-12-7-4-8-13(14(12)15(17)19)18-9-10-20-11-5-2-1-3-6-11/h1-8H,9-10H2,(H2,17,19). The summed E-state index contributed by atoms with van der Waals surface area (Å²) in [5.74, 6) is 1.48. The molecule has 0 amide bonds. The second-order valence-electron chi connectivity index (χ2n) is 3.99. The lowest BCUT2D eigenvalue weighted by Crippen LogP contribution is -2.13. The SMILES string of the molecule is NC(=S)c1c(Cl)cccc1OCCSc1ccccc1. The van der Waals surface area contributed by atoms with E-state index in [0.717, 1.165) is 5.75 Å². The average Bonchev–Trinajstić information content (AvgIpc) is 2.44. The molecule has 2 rings (SSSR count). The Morgan fingerprint density at radius 1 is 1.15 bits per heavy atom. The molecule has 0 heterocycles. The van der Waals surface area contributed by atoms with Crippen molar-refractivity contribution in [1.29, 1.82) is 0 Å². The zero-order valence-corrected chi connectivity index (χ0v) is 13.1. The van der Waals surface area contributed by atoms with E-state index in [4.69, 9.17) is 34.3 Å². The van der Waals surface area contributed by atoms with E-state index in [9.17, 15) is 0 Å². The largest absolute Gasteiger partial charge is 0.492 e. The molecule has 0 radical (unpaired) electrons. The number of ether oxygens (including phenoxy) is 1. The van der Waals surface area contributed by atoms with Crippen LogP contribution in [0.25, 0.3) is 0 Å². The number of benzene rings is 2. The molecular weight excluding hydrogens is 310 g/mol. The lowest BCUT2D eigenvalue weighted by Gasteiger charge is -2.11. The van der Waals surface area contributed by atoms with Crippen LogP contribution in [0.3, 0.4) is 0 Å². The summed E-state index contributed by atoms with van der Waals surface area (Å²) >= 11 is 12.8. The minimum Gasteiger partial charge on any atom is -0.492 e. The van der Waals surface area contributed by atoms with Crippen LogP contribution < -0.4 is 10.5 Å². The van der Waals surface area contributed by atoms with Crippen molar-refractivity contribution in [3.63, 3.8) is 0 Å². The molecule has 0 aliphatic rings. The van der Waals surface area contributed by atoms with E-state index in [0.29, 0.717) is 22.9 Å². The summed E-state index contributed by atoms with van der Waals surface area (Å²) in [6.07, 6.45) is 0. The van der Waals surface area contributed by atoms with Gasteiger partial charge in [-0.3, -0.25) is 0 Å². The van der Waals surface area contributed by atoms with Gasteiger partial charge >= 0.3 is 0 Å². The highest BCUT2D eigenvalue weighted by atomic mass is 35.5. The first kappa shape index (κ1) is 15.2. The Labute approximate surface area is 133 Å². The van der Waals surface area contributed by atoms with Crippen molar-refractivity contribution in [3.05, 3.63) is 59.1 Å². The molecule has 0 fully saturated rings. The first-order chi connectivity index (χ1) is 9.68. The predicted octanol–water partition coefficient (Wildman–Crippen LogP) is 4.15. The van der Waals surface area contributed by atoms with Gasteiger partial charge in [-0.2, -0.15) is 0 Å². The van der Waals surface area contributed by atoms with Gasteiger partial charge in [0.05, 0.1) is 17.2 Å². The summed E-state index contributed by atoms with van der Waals surface area (Å²) in [7, 11) is 0. The van der Waals surface area contributed by atoms with E-state index >= 15 is 0 Å². The van der Waals surface area contributed by atoms with Crippen molar-refractivity contribution in [3.8, 4) is 5.75 Å². The predicted molar refractivity (Wildman–Crippen MR) is 90.0 cm³/mol. The van der Waals surface area contributed by atoms with Crippen LogP contribution in [0.5, 0.6) is 5.75 Å². The van der Waals surface area contributed by atoms with E-state index < -0.39 is 0 Å². The van der Waals surface area contributed by atoms with Crippen LogP contribution in [0, 0.1) is 0 Å². The third-order valence-electron chi connectivity index (χ3n) is 2.57. The molecule has 0 unspecified atom stereocenters. The van der Waals surface area contributed by atoms with Crippen LogP contribution in [0.15, 0.2) is 53.4 Å². The third kappa shape index (κ3) is 4.13. The van der Waals surface area contributed by atoms with E-state index in [2.05, 4.69) is 12.1 Å². The van der Waals surface area contributed by atoms with Gasteiger partial charge in [-0.05, 0) is 24.3 Å². The third-order valence-corrected chi connectivity index (χ3v) is 4.07. The molecule has 5 heteroatoms. The normalized spacial score (nSPS) is 10.2. The molecule has 0 aromatic heterocycles. The van der Waals surface area contributed by atoms with Gasteiger partial charge in [-0.1, -0.05) is 48.1 Å². The van der Waals surface area contributed by atoms with Gasteiger partial charge in [0.15, 0.2) is 0 Å². The molecule has 2 aromatic rings. The Balaban J connectivity index is 1.92. The highest BCUT2D eigenvalue weighted by Gasteiger charge is 2.10. The average molecular weight is 324 g/mol. The maximum atomic E-state index is 6.08. The Morgan fingerprint density at radius 3 is 2.60 bits per heavy atom. The van der Waals surface area contributed by atoms with Gasteiger partial charge in [0.1, 0.15) is 10.7 Å². The number of thioether (sulfide) groups is 1. The molecule has 0 spiro atoms. The topological polar surface area (TPSA) is 35.2 Å². The Kier molecular flexibility index (Phi) is 5.71. The van der Waals surface area contributed by atoms with Crippen LogP contribution in [0.2, 0.25) is 5.02 Å². The lowest BCUT2D eigenvalue weighted by atomic mass is 10.2. The molecule has 0 bridgehead atoms. The number of hydrogen-bond donors (Lipinski definition) is 1. The number of nitrogens with two attached hydrogens (primary N) is 1. The minimum atomic E-state index is 0.251. The van der Waals surface area contributed by atoms with Crippen LogP contribution in [-0.2, 0) is 0 Å². The molecular formula is C15H14ClNOS2. The summed E-state index contributed by atoms with van der Waals surface area (Å²) in [4.78, 5) is 1.47. The quantitative estimate of drug-likeness (QED) is 0.492. The van der Waals surface area contributed by atoms with Gasteiger partial charge < -0.3 is 10.5 Å². The van der Waals surface area contributed by atoms with Gasteiger partial charge in [0.2, 0.25) is 0 Å². The smallest absolute Gasteiger partial charge is 0.131 e. The van der Waals surface area contributed by atoms with Crippen LogP contribution in [0.4, 0.5) is 0 Å². The summed E-state index contributed by atoms with van der Waals surface area (Å²) in [5, 5.41) is 0.519. The monoisotopic (exact) mass is 323 g/mol. The summed E-state index contributed by atoms with van der Waals surface area (Å²) in [6.45, 7) is 0.565. The molecule has 0 aliphatic heterocycles. The van der Waals surface area contributed by atoms with E-state index in [1.54, 1.807) is 17.8 Å². The molecule has 0 aliphatic carbocycles. The molecule has 2 N–H and O–H groups in total. The van der Waals surface area contributed by atoms with Crippen molar-refractivity contribution in [1.82, 2.24) is 0 Å². The maximum absolute atomic E-state index is 6.08. The maximum Gasteiger partial charge on any atom is 0.131 e. The number of thiocarbonyl (C=S) groups is 1. The molecule has 20 heavy (non-hydrogen) atoms. The van der Waals surface area contributed by atoms with Crippen molar-refractivity contribution >= 4 is 40.6 Å². The van der Waals surface area contributed by atoms with Gasteiger partial charge in [-0.25, -0.2) is 0 Å². The van der Waals surface area contributed by atoms with E-state index in [1.165, 1.54) is 4.90 Å². The molecule has 2 aromatic carbocycles.